The van der Waals surface area contributed by atoms with Crippen LogP contribution in [0, 0.1) is 0 Å². The average Bonchev–Trinajstić information content (AvgIpc) is 2.52. The van der Waals surface area contributed by atoms with E-state index in [1.54, 1.807) is 0 Å². The van der Waals surface area contributed by atoms with Gasteiger partial charge in [-0.1, -0.05) is 74.2 Å². The summed E-state index contributed by atoms with van der Waals surface area (Å²) in [5, 5.41) is 12.4. The number of hydrogen-bond donors (Lipinski definition) is 1. The predicted octanol–water partition coefficient (Wildman–Crippen LogP) is 7.16. The van der Waals surface area contributed by atoms with Crippen molar-refractivity contribution in [1.29, 1.82) is 0 Å². The highest BCUT2D eigenvalue weighted by Gasteiger charge is 2.55. The topological polar surface area (TPSA) is 38.7 Å². The van der Waals surface area contributed by atoms with Gasteiger partial charge in [0.05, 0.1) is 16.1 Å². The van der Waals surface area contributed by atoms with Gasteiger partial charge in [-0.25, -0.2) is 0 Å². The van der Waals surface area contributed by atoms with Gasteiger partial charge in [0, 0.05) is 19.4 Å². The minimum Gasteiger partial charge on any atom is -0.365 e. The van der Waals surface area contributed by atoms with E-state index in [1.807, 2.05) is 0 Å². The summed E-state index contributed by atoms with van der Waals surface area (Å²) in [6.45, 7) is 25.3. The van der Waals surface area contributed by atoms with Crippen LogP contribution >= 0.6 is 0 Å². The van der Waals surface area contributed by atoms with Crippen molar-refractivity contribution in [3.63, 3.8) is 0 Å². The van der Waals surface area contributed by atoms with Gasteiger partial charge in [0.1, 0.15) is 0 Å². The van der Waals surface area contributed by atoms with Crippen molar-refractivity contribution in [2.75, 3.05) is 6.61 Å². The minimum atomic E-state index is -1.60. The molecule has 0 aromatic rings. The Morgan fingerprint density at radius 2 is 1.32 bits per heavy atom. The third-order valence-electron chi connectivity index (χ3n) is 9.10. The van der Waals surface area contributed by atoms with Crippen LogP contribution in [0.3, 0.4) is 0 Å². The van der Waals surface area contributed by atoms with Crippen molar-refractivity contribution in [2.45, 2.75) is 139 Å². The standard InChI is InChI=1S/C23H48O3Si2/c1-21(2,3)27(7,8)18-15-19(28(9,10)22(4,5)6)17-23(24,16-18)26-20-13-11-12-14-25-20/h18-20,24H,11-17H2,1-10H3/t18-,19-,20?/m0/s1. The van der Waals surface area contributed by atoms with E-state index in [2.05, 4.69) is 67.7 Å². The van der Waals surface area contributed by atoms with Crippen molar-refractivity contribution >= 4 is 16.1 Å². The first kappa shape index (κ1) is 24.6. The number of aliphatic hydroxyl groups is 1. The molecule has 1 heterocycles. The third-order valence-corrected chi connectivity index (χ3v) is 21.8. The van der Waals surface area contributed by atoms with Gasteiger partial charge in [0.25, 0.3) is 0 Å². The molecule has 0 radical (unpaired) electrons. The molecule has 2 aliphatic rings. The molecule has 3 nitrogen and oxygen atoms in total. The summed E-state index contributed by atoms with van der Waals surface area (Å²) >= 11 is 0. The van der Waals surface area contributed by atoms with Crippen LogP contribution in [0.4, 0.5) is 0 Å². The Kier molecular flexibility index (Phi) is 7.11. The summed E-state index contributed by atoms with van der Waals surface area (Å²) in [5.41, 5.74) is 1.16. The van der Waals surface area contributed by atoms with Gasteiger partial charge < -0.3 is 14.6 Å². The zero-order valence-corrected chi connectivity index (χ0v) is 22.4. The summed E-state index contributed by atoms with van der Waals surface area (Å²) in [6, 6.07) is 0. The molecule has 28 heavy (non-hydrogen) atoms. The van der Waals surface area contributed by atoms with E-state index in [0.29, 0.717) is 21.2 Å². The van der Waals surface area contributed by atoms with Gasteiger partial charge in [0.2, 0.25) is 0 Å². The molecular formula is C23H48O3Si2. The van der Waals surface area contributed by atoms with Gasteiger partial charge in [-0.2, -0.15) is 0 Å². The highest BCUT2D eigenvalue weighted by Crippen LogP contribution is 2.59. The summed E-state index contributed by atoms with van der Waals surface area (Å²) in [5.74, 6) is -1.03. The maximum atomic E-state index is 11.8. The van der Waals surface area contributed by atoms with Gasteiger partial charge in [-0.3, -0.25) is 0 Å². The molecule has 0 aromatic carbocycles. The van der Waals surface area contributed by atoms with E-state index >= 15 is 0 Å². The molecule has 0 bridgehead atoms. The molecule has 1 aliphatic carbocycles. The monoisotopic (exact) mass is 428 g/mol. The fraction of sp³-hybridized carbons (Fsp3) is 1.00. The quantitative estimate of drug-likeness (QED) is 0.381. The summed E-state index contributed by atoms with van der Waals surface area (Å²) in [6.07, 6.45) is 5.78. The molecule has 0 spiro atoms. The summed E-state index contributed by atoms with van der Waals surface area (Å²) in [7, 11) is -3.19. The SMILES string of the molecule is CC(C)(C)[Si](C)(C)[C@H]1C[C@H]([Si](C)(C)C(C)(C)C)CC(O)(OC2CCCCO2)C1. The van der Waals surface area contributed by atoms with Crippen LogP contribution in [-0.2, 0) is 9.47 Å². The van der Waals surface area contributed by atoms with Crippen LogP contribution in [0.5, 0.6) is 0 Å². The zero-order chi connectivity index (χ0) is 21.6. The van der Waals surface area contributed by atoms with Gasteiger partial charge in [-0.05, 0) is 40.4 Å². The smallest absolute Gasteiger partial charge is 0.168 e. The second-order valence-electron chi connectivity index (χ2n) is 12.8. The van der Waals surface area contributed by atoms with Crippen LogP contribution in [0.15, 0.2) is 0 Å². The Labute approximate surface area is 177 Å². The van der Waals surface area contributed by atoms with Crippen molar-refractivity contribution in [3.05, 3.63) is 0 Å². The first-order chi connectivity index (χ1) is 12.5. The van der Waals surface area contributed by atoms with Crippen LogP contribution in [-0.4, -0.2) is 39.9 Å². The van der Waals surface area contributed by atoms with E-state index in [-0.39, 0.29) is 6.29 Å². The Hall–Kier alpha value is 0.314. The maximum absolute atomic E-state index is 11.8. The summed E-state index contributed by atoms with van der Waals surface area (Å²) in [4.78, 5) is 0. The molecule has 1 unspecified atom stereocenters. The van der Waals surface area contributed by atoms with Crippen LogP contribution in [0.2, 0.25) is 47.3 Å². The number of ether oxygens (including phenoxy) is 2. The molecular weight excluding hydrogens is 380 g/mol. The van der Waals surface area contributed by atoms with Crippen LogP contribution in [0.25, 0.3) is 0 Å². The Bertz CT molecular complexity index is 491. The lowest BCUT2D eigenvalue weighted by Crippen LogP contribution is -2.55. The second-order valence-corrected chi connectivity index (χ2v) is 24.4. The van der Waals surface area contributed by atoms with Crippen LogP contribution in [0.1, 0.15) is 80.1 Å². The molecule has 0 amide bonds. The third kappa shape index (κ3) is 5.13. The lowest BCUT2D eigenvalue weighted by atomic mass is 9.92. The van der Waals surface area contributed by atoms with Crippen molar-refractivity contribution < 1.29 is 14.6 Å². The fourth-order valence-electron chi connectivity index (χ4n) is 4.83. The first-order valence-electron chi connectivity index (χ1n) is 11.5. The second kappa shape index (κ2) is 8.10. The molecule has 2 fully saturated rings. The first-order valence-corrected chi connectivity index (χ1v) is 17.7. The molecule has 5 heteroatoms. The molecule has 0 aromatic heterocycles. The van der Waals surface area contributed by atoms with Gasteiger partial charge in [0.15, 0.2) is 12.1 Å². The lowest BCUT2D eigenvalue weighted by molar-refractivity contribution is -0.308. The normalized spacial score (nSPS) is 33.8. The van der Waals surface area contributed by atoms with E-state index in [4.69, 9.17) is 9.47 Å². The molecule has 1 saturated carbocycles. The average molecular weight is 429 g/mol. The number of hydrogen-bond acceptors (Lipinski definition) is 3. The molecule has 2 rings (SSSR count). The minimum absolute atomic E-state index is 0.225. The molecule has 3 atom stereocenters. The van der Waals surface area contributed by atoms with Crippen molar-refractivity contribution in [2.24, 2.45) is 0 Å². The Morgan fingerprint density at radius 3 is 1.68 bits per heavy atom. The number of rotatable bonds is 4. The van der Waals surface area contributed by atoms with Crippen molar-refractivity contribution in [1.82, 2.24) is 0 Å². The highest BCUT2D eigenvalue weighted by atomic mass is 28.3. The molecule has 1 N–H and O–H groups in total. The van der Waals surface area contributed by atoms with E-state index in [0.717, 1.165) is 38.7 Å². The largest absolute Gasteiger partial charge is 0.365 e. The predicted molar refractivity (Wildman–Crippen MR) is 125 cm³/mol. The molecule has 1 aliphatic heterocycles. The lowest BCUT2D eigenvalue weighted by Gasteiger charge is -2.55. The van der Waals surface area contributed by atoms with Gasteiger partial charge in [-0.15, -0.1) is 0 Å². The van der Waals surface area contributed by atoms with E-state index in [9.17, 15) is 5.11 Å². The molecule has 166 valence electrons. The fourth-order valence-corrected chi connectivity index (χ4v) is 10.9. The Balaban J connectivity index is 2.35. The zero-order valence-electron chi connectivity index (χ0n) is 20.4. The Morgan fingerprint density at radius 1 is 0.857 bits per heavy atom. The van der Waals surface area contributed by atoms with Gasteiger partial charge >= 0.3 is 0 Å². The summed E-state index contributed by atoms with van der Waals surface area (Å²) < 4.78 is 12.2. The van der Waals surface area contributed by atoms with E-state index in [1.165, 1.54) is 6.42 Å². The molecule has 1 saturated heterocycles. The van der Waals surface area contributed by atoms with Crippen molar-refractivity contribution in [3.8, 4) is 0 Å². The van der Waals surface area contributed by atoms with Crippen LogP contribution < -0.4 is 0 Å². The van der Waals surface area contributed by atoms with E-state index < -0.39 is 21.9 Å². The maximum Gasteiger partial charge on any atom is 0.168 e. The highest BCUT2D eigenvalue weighted by molar-refractivity contribution is 6.83.